The Labute approximate surface area is 172 Å². The van der Waals surface area contributed by atoms with Crippen LogP contribution in [0.1, 0.15) is 11.4 Å². The summed E-state index contributed by atoms with van der Waals surface area (Å²) in [7, 11) is 0. The van der Waals surface area contributed by atoms with Gasteiger partial charge in [0.25, 0.3) is 5.56 Å². The number of nitrogens with zero attached hydrogens (tertiary/aromatic N) is 2. The molecule has 4 rings (SSSR count). The Kier molecular flexibility index (Phi) is 5.14. The summed E-state index contributed by atoms with van der Waals surface area (Å²) in [5.41, 5.74) is 2.58. The number of carbonyl (C=O) groups excluding carboxylic acids is 1. The minimum Gasteiger partial charge on any atom is -0.326 e. The number of hydrogen-bond donors (Lipinski definition) is 1. The van der Waals surface area contributed by atoms with Crippen molar-refractivity contribution in [1.82, 2.24) is 9.55 Å². The van der Waals surface area contributed by atoms with E-state index >= 15 is 0 Å². The molecule has 4 aromatic rings. The van der Waals surface area contributed by atoms with Gasteiger partial charge in [-0.05, 0) is 55.0 Å². The summed E-state index contributed by atoms with van der Waals surface area (Å²) < 4.78 is 1.57. The van der Waals surface area contributed by atoms with Crippen molar-refractivity contribution in [2.24, 2.45) is 0 Å². The molecule has 6 heteroatoms. The molecular formula is C23H18ClN3O2. The Morgan fingerprint density at radius 1 is 1.03 bits per heavy atom. The largest absolute Gasteiger partial charge is 0.326 e. The molecule has 0 bridgehead atoms. The zero-order valence-electron chi connectivity index (χ0n) is 15.7. The molecule has 0 atom stereocenters. The average Bonchev–Trinajstić information content (AvgIpc) is 2.71. The molecule has 0 unspecified atom stereocenters. The normalized spacial score (nSPS) is 10.8. The molecular weight excluding hydrogens is 386 g/mol. The molecule has 0 radical (unpaired) electrons. The first-order valence-electron chi connectivity index (χ1n) is 9.14. The maximum absolute atomic E-state index is 13.1. The fourth-order valence-corrected chi connectivity index (χ4v) is 3.37. The van der Waals surface area contributed by atoms with Gasteiger partial charge in [-0.25, -0.2) is 4.98 Å². The second-order valence-electron chi connectivity index (χ2n) is 6.72. The number of hydrogen-bond acceptors (Lipinski definition) is 3. The number of benzene rings is 3. The highest BCUT2D eigenvalue weighted by atomic mass is 35.5. The van der Waals surface area contributed by atoms with Gasteiger partial charge in [-0.1, -0.05) is 41.9 Å². The lowest BCUT2D eigenvalue weighted by Crippen LogP contribution is -2.22. The van der Waals surface area contributed by atoms with Gasteiger partial charge >= 0.3 is 0 Å². The van der Waals surface area contributed by atoms with Gasteiger partial charge in [0.1, 0.15) is 5.82 Å². The SMILES string of the molecule is Cc1nc2ccc(NC(=O)Cc3ccc(Cl)cc3)cc2c(=O)n1-c1ccccc1. The monoisotopic (exact) mass is 403 g/mol. The number of amides is 1. The Bertz CT molecular complexity index is 1250. The first-order chi connectivity index (χ1) is 14.0. The lowest BCUT2D eigenvalue weighted by atomic mass is 10.1. The lowest BCUT2D eigenvalue weighted by Gasteiger charge is -2.12. The van der Waals surface area contributed by atoms with Gasteiger partial charge in [0.15, 0.2) is 0 Å². The van der Waals surface area contributed by atoms with E-state index in [1.165, 1.54) is 0 Å². The van der Waals surface area contributed by atoms with Gasteiger partial charge in [-0.2, -0.15) is 0 Å². The first kappa shape index (κ1) is 18.9. The third-order valence-corrected chi connectivity index (χ3v) is 4.86. The molecule has 144 valence electrons. The van der Waals surface area contributed by atoms with Crippen molar-refractivity contribution in [1.29, 1.82) is 0 Å². The van der Waals surface area contributed by atoms with Crippen LogP contribution in [0.4, 0.5) is 5.69 Å². The van der Waals surface area contributed by atoms with Crippen LogP contribution in [-0.2, 0) is 11.2 Å². The molecule has 1 heterocycles. The number of halogens is 1. The molecule has 0 fully saturated rings. The Morgan fingerprint density at radius 3 is 2.48 bits per heavy atom. The molecule has 29 heavy (non-hydrogen) atoms. The fraction of sp³-hybridized carbons (Fsp3) is 0.0870. The van der Waals surface area contributed by atoms with Gasteiger partial charge in [-0.15, -0.1) is 0 Å². The highest BCUT2D eigenvalue weighted by Crippen LogP contribution is 2.18. The predicted octanol–water partition coefficient (Wildman–Crippen LogP) is 4.53. The predicted molar refractivity (Wildman–Crippen MR) is 116 cm³/mol. The highest BCUT2D eigenvalue weighted by Gasteiger charge is 2.11. The molecule has 0 spiro atoms. The van der Waals surface area contributed by atoms with Crippen molar-refractivity contribution in [2.75, 3.05) is 5.32 Å². The highest BCUT2D eigenvalue weighted by molar-refractivity contribution is 6.30. The van der Waals surface area contributed by atoms with Crippen LogP contribution in [-0.4, -0.2) is 15.5 Å². The number of nitrogens with one attached hydrogen (secondary N) is 1. The Balaban J connectivity index is 1.65. The van der Waals surface area contributed by atoms with E-state index in [-0.39, 0.29) is 17.9 Å². The molecule has 0 saturated heterocycles. The van der Waals surface area contributed by atoms with Crippen LogP contribution in [0.15, 0.2) is 77.6 Å². The van der Waals surface area contributed by atoms with E-state index in [1.54, 1.807) is 41.8 Å². The van der Waals surface area contributed by atoms with Gasteiger partial charge < -0.3 is 5.32 Å². The minimum absolute atomic E-state index is 0.171. The third kappa shape index (κ3) is 4.05. The van der Waals surface area contributed by atoms with E-state index in [0.29, 0.717) is 27.4 Å². The lowest BCUT2D eigenvalue weighted by molar-refractivity contribution is -0.115. The molecule has 1 N–H and O–H groups in total. The van der Waals surface area contributed by atoms with Crippen molar-refractivity contribution in [3.8, 4) is 5.69 Å². The molecule has 0 aliphatic heterocycles. The number of para-hydroxylation sites is 1. The second kappa shape index (κ2) is 7.89. The molecule has 0 aliphatic carbocycles. The summed E-state index contributed by atoms with van der Waals surface area (Å²) in [5, 5.41) is 3.92. The molecule has 5 nitrogen and oxygen atoms in total. The van der Waals surface area contributed by atoms with Crippen LogP contribution in [0.25, 0.3) is 16.6 Å². The molecule has 1 aromatic heterocycles. The second-order valence-corrected chi connectivity index (χ2v) is 7.15. The number of aryl methyl sites for hydroxylation is 1. The topological polar surface area (TPSA) is 64.0 Å². The smallest absolute Gasteiger partial charge is 0.266 e. The molecule has 1 amide bonds. The van der Waals surface area contributed by atoms with Gasteiger partial charge in [0.2, 0.25) is 5.91 Å². The third-order valence-electron chi connectivity index (χ3n) is 4.61. The molecule has 0 saturated carbocycles. The maximum Gasteiger partial charge on any atom is 0.266 e. The summed E-state index contributed by atoms with van der Waals surface area (Å²) >= 11 is 5.88. The van der Waals surface area contributed by atoms with E-state index in [2.05, 4.69) is 10.3 Å². The number of carbonyl (C=O) groups is 1. The van der Waals surface area contributed by atoms with E-state index in [1.807, 2.05) is 42.5 Å². The minimum atomic E-state index is -0.174. The summed E-state index contributed by atoms with van der Waals surface area (Å²) in [5.74, 6) is 0.434. The maximum atomic E-state index is 13.1. The van der Waals surface area contributed by atoms with E-state index in [9.17, 15) is 9.59 Å². The van der Waals surface area contributed by atoms with Crippen LogP contribution in [0.2, 0.25) is 5.02 Å². The number of anilines is 1. The number of fused-ring (bicyclic) bond motifs is 1. The van der Waals surface area contributed by atoms with Crippen LogP contribution in [0.5, 0.6) is 0 Å². The first-order valence-corrected chi connectivity index (χ1v) is 9.52. The molecule has 3 aromatic carbocycles. The molecule has 0 aliphatic rings. The summed E-state index contributed by atoms with van der Waals surface area (Å²) in [6, 6.07) is 21.7. The van der Waals surface area contributed by atoms with Crippen molar-refractivity contribution < 1.29 is 4.79 Å². The van der Waals surface area contributed by atoms with Crippen molar-refractivity contribution >= 4 is 34.1 Å². The van der Waals surface area contributed by atoms with Crippen LogP contribution < -0.4 is 10.9 Å². The Morgan fingerprint density at radius 2 is 1.76 bits per heavy atom. The Hall–Kier alpha value is -3.44. The zero-order chi connectivity index (χ0) is 20.4. The average molecular weight is 404 g/mol. The summed E-state index contributed by atoms with van der Waals surface area (Å²) in [6.45, 7) is 1.80. The zero-order valence-corrected chi connectivity index (χ0v) is 16.5. The van der Waals surface area contributed by atoms with E-state index < -0.39 is 0 Å². The van der Waals surface area contributed by atoms with E-state index in [4.69, 9.17) is 11.6 Å². The van der Waals surface area contributed by atoms with Crippen LogP contribution in [0, 0.1) is 6.92 Å². The van der Waals surface area contributed by atoms with Crippen molar-refractivity contribution in [2.45, 2.75) is 13.3 Å². The summed E-state index contributed by atoms with van der Waals surface area (Å²) in [6.07, 6.45) is 0.218. The van der Waals surface area contributed by atoms with Gasteiger partial charge in [0.05, 0.1) is 23.0 Å². The van der Waals surface area contributed by atoms with Crippen LogP contribution >= 0.6 is 11.6 Å². The number of rotatable bonds is 4. The van der Waals surface area contributed by atoms with Crippen molar-refractivity contribution in [3.05, 3.63) is 99.6 Å². The van der Waals surface area contributed by atoms with Crippen LogP contribution in [0.3, 0.4) is 0 Å². The van der Waals surface area contributed by atoms with Crippen molar-refractivity contribution in [3.63, 3.8) is 0 Å². The summed E-state index contributed by atoms with van der Waals surface area (Å²) in [4.78, 5) is 30.0. The van der Waals surface area contributed by atoms with Gasteiger partial charge in [-0.3, -0.25) is 14.2 Å². The fourth-order valence-electron chi connectivity index (χ4n) is 3.25. The van der Waals surface area contributed by atoms with Gasteiger partial charge in [0, 0.05) is 10.7 Å². The standard InChI is InChI=1S/C23H18ClN3O2/c1-15-25-21-12-11-18(26-22(28)13-16-7-9-17(24)10-8-16)14-20(21)23(29)27(15)19-5-3-2-4-6-19/h2-12,14H,13H2,1H3,(H,26,28). The van der Waals surface area contributed by atoms with E-state index in [0.717, 1.165) is 11.3 Å². The number of aromatic nitrogens is 2. The quantitative estimate of drug-likeness (QED) is 0.544.